The summed E-state index contributed by atoms with van der Waals surface area (Å²) >= 11 is 1.72. The molecule has 0 spiro atoms. The summed E-state index contributed by atoms with van der Waals surface area (Å²) in [6.45, 7) is 0. The largest absolute Gasteiger partial charge is 0.508 e. The van der Waals surface area contributed by atoms with Crippen molar-refractivity contribution in [2.75, 3.05) is 0 Å². The highest BCUT2D eigenvalue weighted by Gasteiger charge is 2.15. The van der Waals surface area contributed by atoms with Gasteiger partial charge in [0.2, 0.25) is 0 Å². The normalized spacial score (nSPS) is 13.5. The van der Waals surface area contributed by atoms with E-state index in [9.17, 15) is 10.2 Å². The number of hydrogen-bond donors (Lipinski definition) is 2. The van der Waals surface area contributed by atoms with Gasteiger partial charge in [-0.1, -0.05) is 30.4 Å². The average Bonchev–Trinajstić information content (AvgIpc) is 2.91. The fourth-order valence-electron chi connectivity index (χ4n) is 2.96. The molecule has 1 heterocycles. The SMILES string of the molecule is Oc1ccc(-c2cc(C3=CC=CCC=C3)c(-c3ccc(O)cc3)s2)cc1. The molecule has 0 fully saturated rings. The summed E-state index contributed by atoms with van der Waals surface area (Å²) < 4.78 is 0. The van der Waals surface area contributed by atoms with Crippen LogP contribution in [0, 0.1) is 0 Å². The Bertz CT molecular complexity index is 1000. The van der Waals surface area contributed by atoms with Crippen LogP contribution in [0.5, 0.6) is 11.5 Å². The number of phenolic OH excluding ortho intramolecular Hbond substituents is 2. The van der Waals surface area contributed by atoms with E-state index in [1.807, 2.05) is 24.3 Å². The minimum absolute atomic E-state index is 0.266. The summed E-state index contributed by atoms with van der Waals surface area (Å²) in [6, 6.07) is 16.8. The Labute approximate surface area is 156 Å². The molecule has 1 aliphatic rings. The van der Waals surface area contributed by atoms with Gasteiger partial charge in [-0.15, -0.1) is 11.3 Å². The zero-order chi connectivity index (χ0) is 17.9. The average molecular weight is 358 g/mol. The van der Waals surface area contributed by atoms with Gasteiger partial charge in [-0.2, -0.15) is 0 Å². The Morgan fingerprint density at radius 1 is 0.769 bits per heavy atom. The molecule has 1 aliphatic carbocycles. The van der Waals surface area contributed by atoms with Crippen LogP contribution in [-0.4, -0.2) is 10.2 Å². The summed E-state index contributed by atoms with van der Waals surface area (Å²) in [7, 11) is 0. The predicted octanol–water partition coefficient (Wildman–Crippen LogP) is 6.39. The summed E-state index contributed by atoms with van der Waals surface area (Å²) in [5, 5.41) is 19.2. The van der Waals surface area contributed by atoms with Crippen LogP contribution in [0.3, 0.4) is 0 Å². The third-order valence-electron chi connectivity index (χ3n) is 4.31. The molecule has 0 radical (unpaired) electrons. The van der Waals surface area contributed by atoms with Crippen molar-refractivity contribution >= 4 is 16.9 Å². The van der Waals surface area contributed by atoms with Crippen molar-refractivity contribution in [1.29, 1.82) is 0 Å². The Balaban J connectivity index is 1.87. The minimum Gasteiger partial charge on any atom is -0.508 e. The second-order valence-electron chi connectivity index (χ2n) is 6.14. The minimum atomic E-state index is 0.266. The van der Waals surface area contributed by atoms with E-state index in [1.165, 1.54) is 16.0 Å². The van der Waals surface area contributed by atoms with Crippen molar-refractivity contribution in [2.45, 2.75) is 6.42 Å². The zero-order valence-electron chi connectivity index (χ0n) is 14.1. The molecule has 1 aromatic heterocycles. The van der Waals surface area contributed by atoms with Gasteiger partial charge in [-0.25, -0.2) is 0 Å². The maximum absolute atomic E-state index is 9.62. The lowest BCUT2D eigenvalue weighted by atomic mass is 10.0. The van der Waals surface area contributed by atoms with E-state index in [1.54, 1.807) is 35.6 Å². The number of rotatable bonds is 3. The third kappa shape index (κ3) is 3.35. The maximum atomic E-state index is 9.62. The van der Waals surface area contributed by atoms with Crippen LogP contribution >= 0.6 is 11.3 Å². The van der Waals surface area contributed by atoms with E-state index in [0.29, 0.717) is 0 Å². The van der Waals surface area contributed by atoms with E-state index in [2.05, 4.69) is 36.4 Å². The van der Waals surface area contributed by atoms with Crippen LogP contribution in [0.4, 0.5) is 0 Å². The van der Waals surface area contributed by atoms with E-state index < -0.39 is 0 Å². The van der Waals surface area contributed by atoms with Crippen molar-refractivity contribution in [2.24, 2.45) is 0 Å². The first-order valence-electron chi connectivity index (χ1n) is 8.47. The van der Waals surface area contributed by atoms with Crippen molar-refractivity contribution in [3.8, 4) is 32.4 Å². The van der Waals surface area contributed by atoms with Crippen molar-refractivity contribution in [3.05, 3.63) is 90.5 Å². The molecule has 0 amide bonds. The fraction of sp³-hybridized carbons (Fsp3) is 0.0435. The molecular weight excluding hydrogens is 340 g/mol. The molecule has 26 heavy (non-hydrogen) atoms. The molecule has 2 aromatic carbocycles. The van der Waals surface area contributed by atoms with Gasteiger partial charge in [0.25, 0.3) is 0 Å². The first-order valence-corrected chi connectivity index (χ1v) is 9.29. The zero-order valence-corrected chi connectivity index (χ0v) is 14.9. The predicted molar refractivity (Wildman–Crippen MR) is 109 cm³/mol. The number of allylic oxidation sites excluding steroid dienone is 6. The smallest absolute Gasteiger partial charge is 0.115 e. The van der Waals surface area contributed by atoms with Crippen LogP contribution in [-0.2, 0) is 0 Å². The molecule has 0 unspecified atom stereocenters. The number of benzene rings is 2. The van der Waals surface area contributed by atoms with Gasteiger partial charge in [-0.3, -0.25) is 0 Å². The molecule has 3 aromatic rings. The van der Waals surface area contributed by atoms with E-state index in [0.717, 1.165) is 22.4 Å². The van der Waals surface area contributed by atoms with Crippen LogP contribution in [0.15, 0.2) is 85.0 Å². The first-order chi connectivity index (χ1) is 12.7. The second kappa shape index (κ2) is 7.06. The van der Waals surface area contributed by atoms with Crippen LogP contribution in [0.25, 0.3) is 26.5 Å². The topological polar surface area (TPSA) is 40.5 Å². The van der Waals surface area contributed by atoms with Gasteiger partial charge < -0.3 is 10.2 Å². The van der Waals surface area contributed by atoms with E-state index in [-0.39, 0.29) is 11.5 Å². The highest BCUT2D eigenvalue weighted by molar-refractivity contribution is 7.19. The molecule has 0 saturated carbocycles. The van der Waals surface area contributed by atoms with Gasteiger partial charge >= 0.3 is 0 Å². The molecule has 0 aliphatic heterocycles. The number of hydrogen-bond acceptors (Lipinski definition) is 3. The lowest BCUT2D eigenvalue weighted by Gasteiger charge is -2.05. The Morgan fingerprint density at radius 3 is 2.12 bits per heavy atom. The van der Waals surface area contributed by atoms with E-state index in [4.69, 9.17) is 0 Å². The molecule has 3 heteroatoms. The summed E-state index contributed by atoms with van der Waals surface area (Å²) in [5.74, 6) is 0.533. The first kappa shape index (κ1) is 16.4. The maximum Gasteiger partial charge on any atom is 0.115 e. The molecule has 0 bridgehead atoms. The highest BCUT2D eigenvalue weighted by atomic mass is 32.1. The van der Waals surface area contributed by atoms with Crippen molar-refractivity contribution in [1.82, 2.24) is 0 Å². The van der Waals surface area contributed by atoms with Gasteiger partial charge in [0, 0.05) is 15.3 Å². The second-order valence-corrected chi connectivity index (χ2v) is 7.19. The lowest BCUT2D eigenvalue weighted by Crippen LogP contribution is -1.82. The number of thiophene rings is 1. The molecule has 2 N–H and O–H groups in total. The number of aromatic hydroxyl groups is 2. The summed E-state index contributed by atoms with van der Waals surface area (Å²) in [4.78, 5) is 2.31. The Kier molecular flexibility index (Phi) is 4.46. The van der Waals surface area contributed by atoms with Crippen molar-refractivity contribution in [3.63, 3.8) is 0 Å². The summed E-state index contributed by atoms with van der Waals surface area (Å²) in [6.07, 6.45) is 11.6. The molecular formula is C23H18O2S. The van der Waals surface area contributed by atoms with E-state index >= 15 is 0 Å². The fourth-order valence-corrected chi connectivity index (χ4v) is 4.15. The molecule has 0 atom stereocenters. The Morgan fingerprint density at radius 2 is 1.42 bits per heavy atom. The molecule has 4 rings (SSSR count). The Hall–Kier alpha value is -3.04. The van der Waals surface area contributed by atoms with Gasteiger partial charge in [0.15, 0.2) is 0 Å². The third-order valence-corrected chi connectivity index (χ3v) is 5.54. The molecule has 0 saturated heterocycles. The lowest BCUT2D eigenvalue weighted by molar-refractivity contribution is 0.475. The summed E-state index contributed by atoms with van der Waals surface area (Å²) in [5.41, 5.74) is 4.50. The van der Waals surface area contributed by atoms with Gasteiger partial charge in [0.05, 0.1) is 0 Å². The quantitative estimate of drug-likeness (QED) is 0.569. The standard InChI is InChI=1S/C23H18O2S/c24-19-11-7-17(8-12-19)22-15-21(16-5-3-1-2-4-6-16)23(26-22)18-9-13-20(25)14-10-18/h1,3-15,24-25H,2H2. The number of phenols is 2. The highest BCUT2D eigenvalue weighted by Crippen LogP contribution is 2.42. The van der Waals surface area contributed by atoms with Gasteiger partial charge in [0.1, 0.15) is 11.5 Å². The van der Waals surface area contributed by atoms with Crippen molar-refractivity contribution < 1.29 is 10.2 Å². The molecule has 2 nitrogen and oxygen atoms in total. The van der Waals surface area contributed by atoms with Crippen LogP contribution < -0.4 is 0 Å². The van der Waals surface area contributed by atoms with Crippen LogP contribution in [0.2, 0.25) is 0 Å². The molecule has 128 valence electrons. The van der Waals surface area contributed by atoms with Gasteiger partial charge in [-0.05, 0) is 77.7 Å². The van der Waals surface area contributed by atoms with Crippen LogP contribution in [0.1, 0.15) is 12.0 Å². The monoisotopic (exact) mass is 358 g/mol.